The van der Waals surface area contributed by atoms with Crippen LogP contribution < -0.4 is 15.8 Å². The van der Waals surface area contributed by atoms with Crippen LogP contribution in [0.1, 0.15) is 0 Å². The smallest absolute Gasteiger partial charge is 0.262 e. The summed E-state index contributed by atoms with van der Waals surface area (Å²) < 4.78 is 18.3. The number of anilines is 2. The molecule has 3 N–H and O–H groups in total. The molecular weight excluding hydrogens is 283 g/mol. The van der Waals surface area contributed by atoms with Crippen molar-refractivity contribution >= 4 is 28.9 Å². The minimum absolute atomic E-state index is 0.0285. The van der Waals surface area contributed by atoms with Gasteiger partial charge in [0.05, 0.1) is 5.69 Å². The van der Waals surface area contributed by atoms with Crippen molar-refractivity contribution in [1.29, 1.82) is 0 Å². The van der Waals surface area contributed by atoms with Crippen molar-refractivity contribution in [2.45, 2.75) is 0 Å². The highest BCUT2D eigenvalue weighted by molar-refractivity contribution is 6.30. The van der Waals surface area contributed by atoms with Gasteiger partial charge in [-0.25, -0.2) is 4.39 Å². The van der Waals surface area contributed by atoms with Gasteiger partial charge in [-0.3, -0.25) is 4.79 Å². The molecule has 0 aliphatic heterocycles. The molecule has 0 heterocycles. The second kappa shape index (κ2) is 6.25. The highest BCUT2D eigenvalue weighted by Gasteiger charge is 2.06. The Hall–Kier alpha value is -2.27. The highest BCUT2D eigenvalue weighted by Crippen LogP contribution is 2.18. The molecule has 104 valence electrons. The zero-order valence-corrected chi connectivity index (χ0v) is 11.2. The molecule has 4 nitrogen and oxygen atoms in total. The molecule has 2 aromatic carbocycles. The number of nitrogen functional groups attached to an aromatic ring is 1. The lowest BCUT2D eigenvalue weighted by atomic mass is 10.3. The summed E-state index contributed by atoms with van der Waals surface area (Å²) in [6, 6.07) is 10.7. The number of ether oxygens (including phenoxy) is 1. The van der Waals surface area contributed by atoms with Crippen LogP contribution in [0.15, 0.2) is 42.5 Å². The van der Waals surface area contributed by atoms with Gasteiger partial charge >= 0.3 is 0 Å². The van der Waals surface area contributed by atoms with Crippen LogP contribution in [0.3, 0.4) is 0 Å². The summed E-state index contributed by atoms with van der Waals surface area (Å²) in [7, 11) is 0. The molecule has 0 atom stereocenters. The van der Waals surface area contributed by atoms with Gasteiger partial charge in [-0.1, -0.05) is 17.7 Å². The maximum absolute atomic E-state index is 13.2. The Morgan fingerprint density at radius 2 is 2.10 bits per heavy atom. The van der Waals surface area contributed by atoms with Crippen LogP contribution in [0.25, 0.3) is 0 Å². The largest absolute Gasteiger partial charge is 0.484 e. The number of carbonyl (C=O) groups is 1. The minimum Gasteiger partial charge on any atom is -0.484 e. The molecule has 2 aromatic rings. The van der Waals surface area contributed by atoms with Gasteiger partial charge < -0.3 is 15.8 Å². The molecule has 6 heteroatoms. The number of nitrogens with two attached hydrogens (primary N) is 1. The topological polar surface area (TPSA) is 64.3 Å². The van der Waals surface area contributed by atoms with Gasteiger partial charge in [-0.2, -0.15) is 0 Å². The van der Waals surface area contributed by atoms with Crippen molar-refractivity contribution < 1.29 is 13.9 Å². The Labute approximate surface area is 120 Å². The molecule has 0 radical (unpaired) electrons. The van der Waals surface area contributed by atoms with E-state index >= 15 is 0 Å². The molecule has 0 saturated heterocycles. The molecule has 0 fully saturated rings. The van der Waals surface area contributed by atoms with Crippen LogP contribution in [0.2, 0.25) is 5.02 Å². The van der Waals surface area contributed by atoms with Gasteiger partial charge in [0.25, 0.3) is 5.91 Å². The molecule has 0 unspecified atom stereocenters. The van der Waals surface area contributed by atoms with Crippen molar-refractivity contribution in [2.24, 2.45) is 0 Å². The molecule has 0 aliphatic rings. The summed E-state index contributed by atoms with van der Waals surface area (Å²) >= 11 is 5.80. The summed E-state index contributed by atoms with van der Waals surface area (Å²) in [5.74, 6) is -0.722. The second-order valence-corrected chi connectivity index (χ2v) is 4.47. The van der Waals surface area contributed by atoms with E-state index in [4.69, 9.17) is 22.1 Å². The van der Waals surface area contributed by atoms with E-state index in [0.29, 0.717) is 10.7 Å². The molecule has 1 amide bonds. The summed E-state index contributed by atoms with van der Waals surface area (Å²) in [6.45, 7) is -0.240. The van der Waals surface area contributed by atoms with Crippen LogP contribution in [0.4, 0.5) is 15.8 Å². The Bertz CT molecular complexity index is 634. The van der Waals surface area contributed by atoms with Gasteiger partial charge in [-0.15, -0.1) is 0 Å². The van der Waals surface area contributed by atoms with E-state index in [9.17, 15) is 9.18 Å². The van der Waals surface area contributed by atoms with E-state index in [-0.39, 0.29) is 24.0 Å². The number of amides is 1. The first-order chi connectivity index (χ1) is 9.54. The van der Waals surface area contributed by atoms with Crippen molar-refractivity contribution in [3.8, 4) is 5.75 Å². The quantitative estimate of drug-likeness (QED) is 0.852. The number of carbonyl (C=O) groups excluding carboxylic acids is 1. The molecule has 0 aromatic heterocycles. The molecule has 0 aliphatic carbocycles. The number of benzene rings is 2. The summed E-state index contributed by atoms with van der Waals surface area (Å²) in [5, 5.41) is 3.13. The molecule has 2 rings (SSSR count). The van der Waals surface area contributed by atoms with E-state index in [2.05, 4.69) is 5.32 Å². The monoisotopic (exact) mass is 294 g/mol. The Balaban J connectivity index is 1.90. The van der Waals surface area contributed by atoms with Crippen LogP contribution in [-0.2, 0) is 4.79 Å². The first-order valence-electron chi connectivity index (χ1n) is 5.78. The van der Waals surface area contributed by atoms with Crippen LogP contribution in [-0.4, -0.2) is 12.5 Å². The van der Waals surface area contributed by atoms with Crippen LogP contribution in [0, 0.1) is 5.82 Å². The van der Waals surface area contributed by atoms with Gasteiger partial charge in [0.15, 0.2) is 6.61 Å². The van der Waals surface area contributed by atoms with Crippen molar-refractivity contribution in [2.75, 3.05) is 17.7 Å². The SMILES string of the molecule is Nc1ccc(OCC(=O)Nc2cccc(Cl)c2)cc1F. The summed E-state index contributed by atoms with van der Waals surface area (Å²) in [4.78, 5) is 11.7. The van der Waals surface area contributed by atoms with Crippen LogP contribution in [0.5, 0.6) is 5.75 Å². The Morgan fingerprint density at radius 1 is 1.30 bits per heavy atom. The molecular formula is C14H12ClFN2O2. The lowest BCUT2D eigenvalue weighted by molar-refractivity contribution is -0.118. The average molecular weight is 295 g/mol. The lowest BCUT2D eigenvalue weighted by Crippen LogP contribution is -2.20. The first kappa shape index (κ1) is 14.1. The summed E-state index contributed by atoms with van der Waals surface area (Å²) in [6.07, 6.45) is 0. The average Bonchev–Trinajstić information content (AvgIpc) is 2.40. The fourth-order valence-electron chi connectivity index (χ4n) is 1.51. The van der Waals surface area contributed by atoms with Gasteiger partial charge in [0, 0.05) is 16.8 Å². The van der Waals surface area contributed by atoms with Crippen molar-refractivity contribution in [1.82, 2.24) is 0 Å². The van der Waals surface area contributed by atoms with E-state index < -0.39 is 5.82 Å². The first-order valence-corrected chi connectivity index (χ1v) is 6.15. The molecule has 20 heavy (non-hydrogen) atoms. The molecule has 0 spiro atoms. The Morgan fingerprint density at radius 3 is 2.80 bits per heavy atom. The zero-order chi connectivity index (χ0) is 14.5. The predicted octanol–water partition coefficient (Wildman–Crippen LogP) is 3.08. The lowest BCUT2D eigenvalue weighted by Gasteiger charge is -2.08. The number of halogens is 2. The minimum atomic E-state index is -0.585. The standard InChI is InChI=1S/C14H12ClFN2O2/c15-9-2-1-3-10(6-9)18-14(19)8-20-11-4-5-13(17)12(16)7-11/h1-7H,8,17H2,(H,18,19). The van der Waals surface area contributed by atoms with Gasteiger partial charge in [0.2, 0.25) is 0 Å². The third-order valence-electron chi connectivity index (χ3n) is 2.45. The fourth-order valence-corrected chi connectivity index (χ4v) is 1.70. The predicted molar refractivity (Wildman–Crippen MR) is 76.4 cm³/mol. The molecule has 0 bridgehead atoms. The van der Waals surface area contributed by atoms with E-state index in [1.165, 1.54) is 12.1 Å². The Kier molecular flexibility index (Phi) is 4.42. The van der Waals surface area contributed by atoms with Crippen molar-refractivity contribution in [3.05, 3.63) is 53.3 Å². The van der Waals surface area contributed by atoms with Crippen LogP contribution >= 0.6 is 11.6 Å². The maximum atomic E-state index is 13.2. The third-order valence-corrected chi connectivity index (χ3v) is 2.69. The van der Waals surface area contributed by atoms with Gasteiger partial charge in [0.1, 0.15) is 11.6 Å². The van der Waals surface area contributed by atoms with E-state index in [1.54, 1.807) is 24.3 Å². The number of rotatable bonds is 4. The molecule has 0 saturated carbocycles. The number of hydrogen-bond acceptors (Lipinski definition) is 3. The number of nitrogens with one attached hydrogen (secondary N) is 1. The summed E-state index contributed by atoms with van der Waals surface area (Å²) in [5.41, 5.74) is 5.93. The highest BCUT2D eigenvalue weighted by atomic mass is 35.5. The zero-order valence-electron chi connectivity index (χ0n) is 10.4. The van der Waals surface area contributed by atoms with Gasteiger partial charge in [-0.05, 0) is 30.3 Å². The second-order valence-electron chi connectivity index (χ2n) is 4.03. The fraction of sp³-hybridized carbons (Fsp3) is 0.0714. The maximum Gasteiger partial charge on any atom is 0.262 e. The van der Waals surface area contributed by atoms with E-state index in [1.807, 2.05) is 0 Å². The third kappa shape index (κ3) is 3.86. The van der Waals surface area contributed by atoms with E-state index in [0.717, 1.165) is 6.07 Å². The number of hydrogen-bond donors (Lipinski definition) is 2. The normalized spacial score (nSPS) is 10.1. The van der Waals surface area contributed by atoms with Crippen molar-refractivity contribution in [3.63, 3.8) is 0 Å².